The molecular weight excluding hydrogens is 112 g/mol. The van der Waals surface area contributed by atoms with Crippen molar-refractivity contribution in [3.8, 4) is 0 Å². The van der Waals surface area contributed by atoms with E-state index in [0.717, 1.165) is 17.4 Å². The van der Waals surface area contributed by atoms with Crippen molar-refractivity contribution in [2.75, 3.05) is 0 Å². The Labute approximate surface area is 56.1 Å². The number of carbonyl (C=O) groups excluding carboxylic acids is 1. The van der Waals surface area contributed by atoms with Gasteiger partial charge < -0.3 is 0 Å². The van der Waals surface area contributed by atoms with E-state index >= 15 is 0 Å². The zero-order valence-electron chi connectivity index (χ0n) is 6.14. The molecule has 0 unspecified atom stereocenters. The third-order valence-corrected chi connectivity index (χ3v) is 1.05. The van der Waals surface area contributed by atoms with E-state index in [1.165, 1.54) is 0 Å². The third kappa shape index (κ3) is 2.85. The molecule has 0 aromatic rings. The van der Waals surface area contributed by atoms with E-state index in [1.54, 1.807) is 0 Å². The predicted molar refractivity (Wildman–Crippen MR) is 39.3 cm³/mol. The highest BCUT2D eigenvalue weighted by atomic mass is 16.1. The maximum Gasteiger partial charge on any atom is 0.149 e. The van der Waals surface area contributed by atoms with Gasteiger partial charge in [0.25, 0.3) is 0 Å². The van der Waals surface area contributed by atoms with Crippen molar-refractivity contribution in [2.24, 2.45) is 0 Å². The molecule has 0 saturated carbocycles. The van der Waals surface area contributed by atoms with Gasteiger partial charge in [0.1, 0.15) is 6.29 Å². The smallest absolute Gasteiger partial charge is 0.149 e. The average Bonchev–Trinajstić information content (AvgIpc) is 1.82. The van der Waals surface area contributed by atoms with Crippen LogP contribution < -0.4 is 0 Å². The van der Waals surface area contributed by atoms with Crippen LogP contribution in [0.2, 0.25) is 0 Å². The fourth-order valence-electron chi connectivity index (χ4n) is 0.503. The normalized spacial score (nSPS) is 9.67. The van der Waals surface area contributed by atoms with Crippen LogP contribution in [0.25, 0.3) is 0 Å². The van der Waals surface area contributed by atoms with Crippen LogP contribution >= 0.6 is 0 Å². The molecule has 0 aromatic heterocycles. The molecule has 0 bridgehead atoms. The lowest BCUT2D eigenvalue weighted by molar-refractivity contribution is -0.104. The Hall–Kier alpha value is -0.850. The molecule has 0 heterocycles. The highest BCUT2D eigenvalue weighted by molar-refractivity contribution is 5.78. The molecule has 1 heteroatoms. The minimum Gasteiger partial charge on any atom is -0.298 e. The maximum atomic E-state index is 10.2. The van der Waals surface area contributed by atoms with Gasteiger partial charge in [-0.15, -0.1) is 0 Å². The van der Waals surface area contributed by atoms with Crippen molar-refractivity contribution in [1.82, 2.24) is 0 Å². The topological polar surface area (TPSA) is 17.1 Å². The van der Waals surface area contributed by atoms with E-state index in [0.29, 0.717) is 0 Å². The van der Waals surface area contributed by atoms with E-state index < -0.39 is 0 Å². The first kappa shape index (κ1) is 8.15. The van der Waals surface area contributed by atoms with E-state index in [4.69, 9.17) is 0 Å². The van der Waals surface area contributed by atoms with Crippen LogP contribution in [0.5, 0.6) is 0 Å². The Bertz CT molecular complexity index is 148. The molecule has 0 atom stereocenters. The van der Waals surface area contributed by atoms with Gasteiger partial charge in [-0.05, 0) is 20.8 Å². The zero-order chi connectivity index (χ0) is 7.28. The molecule has 9 heavy (non-hydrogen) atoms. The highest BCUT2D eigenvalue weighted by Gasteiger charge is 1.88. The van der Waals surface area contributed by atoms with Crippen LogP contribution in [0.4, 0.5) is 0 Å². The molecule has 1 nitrogen and oxygen atoms in total. The van der Waals surface area contributed by atoms with Crippen molar-refractivity contribution < 1.29 is 4.79 Å². The summed E-state index contributed by atoms with van der Waals surface area (Å²) in [6, 6.07) is 0. The maximum absolute atomic E-state index is 10.2. The van der Waals surface area contributed by atoms with E-state index in [9.17, 15) is 4.79 Å². The fourth-order valence-corrected chi connectivity index (χ4v) is 0.503. The van der Waals surface area contributed by atoms with Crippen LogP contribution in [-0.4, -0.2) is 6.29 Å². The van der Waals surface area contributed by atoms with Gasteiger partial charge in [0.2, 0.25) is 0 Å². The Kier molecular flexibility index (Phi) is 3.69. The number of carbonyl (C=O) groups is 1. The molecule has 0 radical (unpaired) electrons. The fraction of sp³-hybridized carbons (Fsp3) is 0.375. The molecule has 0 rings (SSSR count). The van der Waals surface area contributed by atoms with Crippen LogP contribution in [0.1, 0.15) is 20.8 Å². The molecule has 0 aliphatic carbocycles. The summed E-state index contributed by atoms with van der Waals surface area (Å²) in [6.45, 7) is 5.74. The summed E-state index contributed by atoms with van der Waals surface area (Å²) in [5.41, 5.74) is 1.83. The molecule has 0 aliphatic rings. The van der Waals surface area contributed by atoms with Crippen molar-refractivity contribution >= 4 is 6.29 Å². The van der Waals surface area contributed by atoms with Crippen molar-refractivity contribution in [1.29, 1.82) is 0 Å². The lowest BCUT2D eigenvalue weighted by Gasteiger charge is -1.90. The summed E-state index contributed by atoms with van der Waals surface area (Å²) in [5, 5.41) is 0. The first-order valence-corrected chi connectivity index (χ1v) is 2.97. The number of hydrogen-bond donors (Lipinski definition) is 0. The van der Waals surface area contributed by atoms with Crippen molar-refractivity contribution in [3.05, 3.63) is 23.3 Å². The summed E-state index contributed by atoms with van der Waals surface area (Å²) in [6.07, 6.45) is 4.54. The van der Waals surface area contributed by atoms with Crippen LogP contribution in [0.15, 0.2) is 23.3 Å². The van der Waals surface area contributed by atoms with Gasteiger partial charge in [-0.1, -0.05) is 17.7 Å². The number of aldehydes is 1. The SMILES string of the molecule is C/C=C\C(C=O)=C(C)C. The molecule has 0 aromatic carbocycles. The Morgan fingerprint density at radius 2 is 1.89 bits per heavy atom. The van der Waals surface area contributed by atoms with E-state index in [2.05, 4.69) is 0 Å². The molecule has 0 aliphatic heterocycles. The summed E-state index contributed by atoms with van der Waals surface area (Å²) < 4.78 is 0. The van der Waals surface area contributed by atoms with E-state index in [-0.39, 0.29) is 0 Å². The molecule has 0 fully saturated rings. The van der Waals surface area contributed by atoms with Crippen LogP contribution in [0.3, 0.4) is 0 Å². The van der Waals surface area contributed by atoms with Gasteiger partial charge in [0.05, 0.1) is 0 Å². The number of allylic oxidation sites excluding steroid dienone is 4. The molecule has 50 valence electrons. The second-order valence-electron chi connectivity index (χ2n) is 2.07. The molecular formula is C8H12O. The first-order valence-electron chi connectivity index (χ1n) is 2.97. The number of rotatable bonds is 2. The van der Waals surface area contributed by atoms with Crippen LogP contribution in [0, 0.1) is 0 Å². The second-order valence-corrected chi connectivity index (χ2v) is 2.07. The molecule has 0 N–H and O–H groups in total. The Morgan fingerprint density at radius 1 is 1.33 bits per heavy atom. The van der Waals surface area contributed by atoms with Gasteiger partial charge in [-0.3, -0.25) is 4.79 Å². The third-order valence-electron chi connectivity index (χ3n) is 1.05. The summed E-state index contributed by atoms with van der Waals surface area (Å²) in [7, 11) is 0. The quantitative estimate of drug-likeness (QED) is 0.313. The largest absolute Gasteiger partial charge is 0.298 e. The standard InChI is InChI=1S/C8H12O/c1-4-5-8(6-9)7(2)3/h4-6H,1-3H3/b5-4-. The van der Waals surface area contributed by atoms with Gasteiger partial charge in [0, 0.05) is 5.57 Å². The Morgan fingerprint density at radius 3 is 2.00 bits per heavy atom. The summed E-state index contributed by atoms with van der Waals surface area (Å²) in [4.78, 5) is 10.2. The summed E-state index contributed by atoms with van der Waals surface area (Å²) >= 11 is 0. The van der Waals surface area contributed by atoms with Gasteiger partial charge in [0.15, 0.2) is 0 Å². The highest BCUT2D eigenvalue weighted by Crippen LogP contribution is 2.00. The molecule has 0 spiro atoms. The lowest BCUT2D eigenvalue weighted by Crippen LogP contribution is -1.81. The zero-order valence-corrected chi connectivity index (χ0v) is 6.14. The van der Waals surface area contributed by atoms with Crippen LogP contribution in [-0.2, 0) is 4.79 Å². The second kappa shape index (κ2) is 4.07. The van der Waals surface area contributed by atoms with Gasteiger partial charge >= 0.3 is 0 Å². The van der Waals surface area contributed by atoms with Gasteiger partial charge in [-0.25, -0.2) is 0 Å². The minimum absolute atomic E-state index is 0.775. The average molecular weight is 124 g/mol. The van der Waals surface area contributed by atoms with Crippen molar-refractivity contribution in [2.45, 2.75) is 20.8 Å². The van der Waals surface area contributed by atoms with E-state index in [1.807, 2.05) is 32.9 Å². The monoisotopic (exact) mass is 124 g/mol. The number of hydrogen-bond acceptors (Lipinski definition) is 1. The lowest BCUT2D eigenvalue weighted by atomic mass is 10.1. The molecule has 0 amide bonds. The summed E-state index contributed by atoms with van der Waals surface area (Å²) in [5.74, 6) is 0. The van der Waals surface area contributed by atoms with Gasteiger partial charge in [-0.2, -0.15) is 0 Å². The van der Waals surface area contributed by atoms with Crippen molar-refractivity contribution in [3.63, 3.8) is 0 Å². The molecule has 0 saturated heterocycles. The predicted octanol–water partition coefficient (Wildman–Crippen LogP) is 2.10. The first-order chi connectivity index (χ1) is 4.22. The Balaban J connectivity index is 4.34. The minimum atomic E-state index is 0.775.